The summed E-state index contributed by atoms with van der Waals surface area (Å²) < 4.78 is 11.5. The van der Waals surface area contributed by atoms with Crippen molar-refractivity contribution in [3.63, 3.8) is 0 Å². The molecule has 1 aromatic carbocycles. The molecule has 4 heterocycles. The zero-order chi connectivity index (χ0) is 18.3. The number of ether oxygens (including phenoxy) is 2. The highest BCUT2D eigenvalue weighted by molar-refractivity contribution is 6.06. The van der Waals surface area contributed by atoms with Crippen molar-refractivity contribution in [1.82, 2.24) is 10.2 Å². The number of amides is 1. The van der Waals surface area contributed by atoms with Crippen LogP contribution in [0.15, 0.2) is 36.4 Å². The lowest BCUT2D eigenvalue weighted by molar-refractivity contribution is -0.169. The minimum absolute atomic E-state index is 0.0932. The van der Waals surface area contributed by atoms with E-state index in [1.807, 2.05) is 24.3 Å². The van der Waals surface area contributed by atoms with E-state index in [9.17, 15) is 4.79 Å². The lowest BCUT2D eigenvalue weighted by Crippen LogP contribution is -2.45. The molecule has 0 unspecified atom stereocenters. The quantitative estimate of drug-likeness (QED) is 0.810. The van der Waals surface area contributed by atoms with E-state index in [-0.39, 0.29) is 5.91 Å². The van der Waals surface area contributed by atoms with Crippen LogP contribution in [0.5, 0.6) is 0 Å². The van der Waals surface area contributed by atoms with Gasteiger partial charge in [0.15, 0.2) is 17.3 Å². The van der Waals surface area contributed by atoms with Gasteiger partial charge in [0.2, 0.25) is 0 Å². The first-order chi connectivity index (χ1) is 13.2. The number of carbonyl (C=O) groups is 1. The van der Waals surface area contributed by atoms with Crippen LogP contribution in [0, 0.1) is 0 Å². The number of aromatic nitrogens is 2. The van der Waals surface area contributed by atoms with E-state index >= 15 is 0 Å². The molecule has 0 bridgehead atoms. The highest BCUT2D eigenvalue weighted by Gasteiger charge is 2.40. The number of benzene rings is 1. The lowest BCUT2D eigenvalue weighted by Gasteiger charge is -2.37. The molecule has 1 aromatic heterocycles. The smallest absolute Gasteiger partial charge is 0.278 e. The van der Waals surface area contributed by atoms with Crippen LogP contribution < -0.4 is 9.80 Å². The Bertz CT molecular complexity index is 839. The summed E-state index contributed by atoms with van der Waals surface area (Å²) in [6.45, 7) is 3.66. The maximum atomic E-state index is 12.8. The lowest BCUT2D eigenvalue weighted by atomic mass is 10.0. The van der Waals surface area contributed by atoms with Crippen molar-refractivity contribution in [3.8, 4) is 0 Å². The minimum atomic E-state index is -0.400. The van der Waals surface area contributed by atoms with Gasteiger partial charge in [-0.25, -0.2) is 0 Å². The number of para-hydroxylation sites is 1. The maximum absolute atomic E-state index is 12.8. The third-order valence-electron chi connectivity index (χ3n) is 5.66. The van der Waals surface area contributed by atoms with Crippen molar-refractivity contribution in [2.45, 2.75) is 25.0 Å². The van der Waals surface area contributed by atoms with Gasteiger partial charge in [-0.2, -0.15) is 0 Å². The molecule has 0 saturated carbocycles. The molecule has 2 saturated heterocycles. The molecule has 2 fully saturated rings. The largest absolute Gasteiger partial charge is 0.355 e. The van der Waals surface area contributed by atoms with Crippen molar-refractivity contribution >= 4 is 17.4 Å². The summed E-state index contributed by atoms with van der Waals surface area (Å²) in [5.74, 6) is 0.300. The van der Waals surface area contributed by atoms with E-state index in [2.05, 4.69) is 21.2 Å². The Morgan fingerprint density at radius 2 is 1.74 bits per heavy atom. The Morgan fingerprint density at radius 1 is 0.963 bits per heavy atom. The predicted octanol–water partition coefficient (Wildman–Crippen LogP) is 2.02. The van der Waals surface area contributed by atoms with Gasteiger partial charge in [0.25, 0.3) is 5.91 Å². The van der Waals surface area contributed by atoms with Gasteiger partial charge >= 0.3 is 0 Å². The van der Waals surface area contributed by atoms with Crippen molar-refractivity contribution in [2.75, 3.05) is 42.6 Å². The van der Waals surface area contributed by atoms with E-state index in [0.717, 1.165) is 43.9 Å². The van der Waals surface area contributed by atoms with E-state index in [1.165, 1.54) is 5.56 Å². The highest BCUT2D eigenvalue weighted by Crippen LogP contribution is 2.33. The fourth-order valence-corrected chi connectivity index (χ4v) is 4.16. The molecule has 140 valence electrons. The van der Waals surface area contributed by atoms with Crippen LogP contribution in [0.3, 0.4) is 0 Å². The number of piperidine rings is 1. The van der Waals surface area contributed by atoms with Gasteiger partial charge < -0.3 is 19.3 Å². The van der Waals surface area contributed by atoms with Crippen LogP contribution in [0.1, 0.15) is 28.9 Å². The summed E-state index contributed by atoms with van der Waals surface area (Å²) >= 11 is 0. The predicted molar refractivity (Wildman–Crippen MR) is 99.9 cm³/mol. The number of nitrogens with zero attached hydrogens (tertiary/aromatic N) is 4. The number of fused-ring (bicyclic) bond motifs is 1. The maximum Gasteiger partial charge on any atom is 0.278 e. The van der Waals surface area contributed by atoms with Crippen LogP contribution in [0.25, 0.3) is 0 Å². The van der Waals surface area contributed by atoms with Gasteiger partial charge in [0.1, 0.15) is 0 Å². The zero-order valence-electron chi connectivity index (χ0n) is 15.1. The molecule has 0 atom stereocenters. The summed E-state index contributed by atoms with van der Waals surface area (Å²) in [5, 5.41) is 8.53. The molecule has 0 N–H and O–H groups in total. The second-order valence-electron chi connectivity index (χ2n) is 7.21. The third-order valence-corrected chi connectivity index (χ3v) is 5.66. The second-order valence-corrected chi connectivity index (χ2v) is 7.21. The molecule has 1 amide bonds. The normalized spacial score (nSPS) is 20.9. The SMILES string of the molecule is O=C(c1ccc(N2CCC3(CC2)OCCO3)nn1)N1CCc2ccccc21. The molecule has 0 aliphatic carbocycles. The molecule has 3 aliphatic rings. The molecule has 1 spiro atoms. The van der Waals surface area contributed by atoms with Gasteiger partial charge in [-0.3, -0.25) is 4.79 Å². The van der Waals surface area contributed by atoms with Gasteiger partial charge in [0, 0.05) is 38.2 Å². The van der Waals surface area contributed by atoms with Crippen molar-refractivity contribution < 1.29 is 14.3 Å². The van der Waals surface area contributed by atoms with Crippen LogP contribution in [-0.2, 0) is 15.9 Å². The van der Waals surface area contributed by atoms with E-state index < -0.39 is 5.79 Å². The first-order valence-electron chi connectivity index (χ1n) is 9.51. The Kier molecular flexibility index (Phi) is 4.06. The number of carbonyl (C=O) groups excluding carboxylic acids is 1. The van der Waals surface area contributed by atoms with E-state index in [1.54, 1.807) is 11.0 Å². The van der Waals surface area contributed by atoms with E-state index in [4.69, 9.17) is 9.47 Å². The van der Waals surface area contributed by atoms with Gasteiger partial charge in [0.05, 0.1) is 13.2 Å². The van der Waals surface area contributed by atoms with Gasteiger partial charge in [-0.05, 0) is 30.2 Å². The molecular weight excluding hydrogens is 344 g/mol. The Hall–Kier alpha value is -2.51. The molecule has 7 nitrogen and oxygen atoms in total. The Labute approximate surface area is 157 Å². The molecule has 7 heteroatoms. The van der Waals surface area contributed by atoms with Crippen LogP contribution in [0.2, 0.25) is 0 Å². The standard InChI is InChI=1S/C20H22N4O3/c25-19(24-10-7-15-3-1-2-4-17(15)24)16-5-6-18(22-21-16)23-11-8-20(9-12-23)26-13-14-27-20/h1-6H,7-14H2. The number of hydrogen-bond donors (Lipinski definition) is 0. The first kappa shape index (κ1) is 16.6. The van der Waals surface area contributed by atoms with E-state index in [0.29, 0.717) is 25.5 Å². The molecule has 5 rings (SSSR count). The minimum Gasteiger partial charge on any atom is -0.355 e. The molecule has 3 aliphatic heterocycles. The molecule has 2 aromatic rings. The van der Waals surface area contributed by atoms with Gasteiger partial charge in [-0.15, -0.1) is 10.2 Å². The second kappa shape index (κ2) is 6.58. The average Bonchev–Trinajstić information content (AvgIpc) is 3.36. The first-order valence-corrected chi connectivity index (χ1v) is 9.51. The summed E-state index contributed by atoms with van der Waals surface area (Å²) in [6, 6.07) is 11.7. The summed E-state index contributed by atoms with van der Waals surface area (Å²) in [7, 11) is 0. The van der Waals surface area contributed by atoms with Crippen molar-refractivity contribution in [3.05, 3.63) is 47.7 Å². The third kappa shape index (κ3) is 2.96. The Morgan fingerprint density at radius 3 is 2.48 bits per heavy atom. The van der Waals surface area contributed by atoms with Gasteiger partial charge in [-0.1, -0.05) is 18.2 Å². The summed E-state index contributed by atoms with van der Waals surface area (Å²) in [5.41, 5.74) is 2.56. The zero-order valence-corrected chi connectivity index (χ0v) is 15.1. The molecule has 0 radical (unpaired) electrons. The van der Waals surface area contributed by atoms with Crippen molar-refractivity contribution in [1.29, 1.82) is 0 Å². The van der Waals surface area contributed by atoms with Crippen LogP contribution in [-0.4, -0.2) is 54.7 Å². The summed E-state index contributed by atoms with van der Waals surface area (Å²) in [4.78, 5) is 16.8. The summed E-state index contributed by atoms with van der Waals surface area (Å²) in [6.07, 6.45) is 2.52. The fraction of sp³-hybridized carbons (Fsp3) is 0.450. The highest BCUT2D eigenvalue weighted by atomic mass is 16.7. The monoisotopic (exact) mass is 366 g/mol. The van der Waals surface area contributed by atoms with Crippen molar-refractivity contribution in [2.24, 2.45) is 0 Å². The molecular formula is C20H22N4O3. The number of rotatable bonds is 2. The molecule has 27 heavy (non-hydrogen) atoms. The van der Waals surface area contributed by atoms with Crippen LogP contribution in [0.4, 0.5) is 11.5 Å². The van der Waals surface area contributed by atoms with Crippen LogP contribution >= 0.6 is 0 Å². The number of anilines is 2. The average molecular weight is 366 g/mol. The Balaban J connectivity index is 1.28. The number of hydrogen-bond acceptors (Lipinski definition) is 6. The topological polar surface area (TPSA) is 67.8 Å². The fourth-order valence-electron chi connectivity index (χ4n) is 4.16.